The maximum absolute atomic E-state index is 12.8. The number of rotatable bonds is 5. The van der Waals surface area contributed by atoms with Crippen LogP contribution in [0, 0.1) is 0 Å². The van der Waals surface area contributed by atoms with Crippen molar-refractivity contribution < 1.29 is 13.5 Å². The molecule has 0 amide bonds. The number of alkyl halides is 2. The van der Waals surface area contributed by atoms with Crippen molar-refractivity contribution in [3.05, 3.63) is 17.5 Å². The quantitative estimate of drug-likeness (QED) is 0.617. The molecule has 0 atom stereocenters. The van der Waals surface area contributed by atoms with Crippen molar-refractivity contribution in [3.63, 3.8) is 0 Å². The van der Waals surface area contributed by atoms with E-state index in [-0.39, 0.29) is 6.61 Å². The molecule has 0 saturated heterocycles. The Kier molecular flexibility index (Phi) is 2.94. The zero-order valence-corrected chi connectivity index (χ0v) is 9.33. The molecule has 0 aromatic carbocycles. The fraction of sp³-hybridized carbons (Fsp3) is 0.700. The minimum absolute atomic E-state index is 0.149. The van der Waals surface area contributed by atoms with Gasteiger partial charge in [0.15, 0.2) is 0 Å². The molecule has 0 unspecified atom stereocenters. The fourth-order valence-electron chi connectivity index (χ4n) is 1.48. The number of aromatic nitrogens is 2. The Bertz CT molecular complexity index is 374. The van der Waals surface area contributed by atoms with Gasteiger partial charge in [-0.3, -0.25) is 4.68 Å². The van der Waals surface area contributed by atoms with E-state index in [0.29, 0.717) is 11.6 Å². The molecular weight excluding hydrogens is 216 g/mol. The van der Waals surface area contributed by atoms with Crippen LogP contribution in [-0.4, -0.2) is 23.1 Å². The van der Waals surface area contributed by atoms with Gasteiger partial charge >= 0.3 is 6.23 Å². The van der Waals surface area contributed by atoms with E-state index < -0.39 is 6.23 Å². The largest absolute Gasteiger partial charge is 0.422 e. The normalized spacial score (nSPS) is 16.8. The number of ether oxygens (including phenoxy) is 1. The van der Waals surface area contributed by atoms with Crippen molar-refractivity contribution in [2.24, 2.45) is 7.05 Å². The standard InChI is InChI=1S/C10H15F2N3O/c1-13-10(11,12)16-6-8-5-9(7-3-4-7)14-15(8)2/h5,7,13H,3-4,6H2,1-2H3. The zero-order chi connectivity index (χ0) is 11.8. The summed E-state index contributed by atoms with van der Waals surface area (Å²) >= 11 is 0. The van der Waals surface area contributed by atoms with Crippen LogP contribution >= 0.6 is 0 Å². The molecule has 1 fully saturated rings. The topological polar surface area (TPSA) is 39.1 Å². The molecular formula is C10H15F2N3O. The predicted molar refractivity (Wildman–Crippen MR) is 54.0 cm³/mol. The summed E-state index contributed by atoms with van der Waals surface area (Å²) in [5, 5.41) is 6.06. The molecule has 0 radical (unpaired) electrons. The van der Waals surface area contributed by atoms with Gasteiger partial charge in [-0.15, -0.1) is 0 Å². The lowest BCUT2D eigenvalue weighted by Gasteiger charge is -2.14. The molecule has 4 nitrogen and oxygen atoms in total. The van der Waals surface area contributed by atoms with E-state index in [1.165, 1.54) is 0 Å². The summed E-state index contributed by atoms with van der Waals surface area (Å²) in [4.78, 5) is 0. The summed E-state index contributed by atoms with van der Waals surface area (Å²) in [6, 6.07) is 1.84. The highest BCUT2D eigenvalue weighted by molar-refractivity contribution is 5.18. The molecule has 0 aliphatic heterocycles. The summed E-state index contributed by atoms with van der Waals surface area (Å²) in [7, 11) is 2.89. The summed E-state index contributed by atoms with van der Waals surface area (Å²) < 4.78 is 31.6. The number of nitrogens with one attached hydrogen (secondary N) is 1. The van der Waals surface area contributed by atoms with Gasteiger partial charge in [0.25, 0.3) is 0 Å². The van der Waals surface area contributed by atoms with Crippen LogP contribution in [0.25, 0.3) is 0 Å². The average molecular weight is 231 g/mol. The number of halogens is 2. The van der Waals surface area contributed by atoms with Crippen molar-refractivity contribution in [3.8, 4) is 0 Å². The molecule has 90 valence electrons. The number of nitrogens with zero attached hydrogens (tertiary/aromatic N) is 2. The van der Waals surface area contributed by atoms with Crippen LogP contribution < -0.4 is 5.32 Å². The van der Waals surface area contributed by atoms with Gasteiger partial charge < -0.3 is 4.74 Å². The number of hydrogen-bond acceptors (Lipinski definition) is 3. The van der Waals surface area contributed by atoms with E-state index in [9.17, 15) is 8.78 Å². The second kappa shape index (κ2) is 4.10. The predicted octanol–water partition coefficient (Wildman–Crippen LogP) is 1.58. The summed E-state index contributed by atoms with van der Waals surface area (Å²) in [5.74, 6) is 0.518. The van der Waals surface area contributed by atoms with Crippen molar-refractivity contribution in [1.29, 1.82) is 0 Å². The van der Waals surface area contributed by atoms with Crippen LogP contribution in [0.15, 0.2) is 6.07 Å². The third-order valence-corrected chi connectivity index (χ3v) is 2.68. The van der Waals surface area contributed by atoms with E-state index in [0.717, 1.165) is 25.6 Å². The second-order valence-corrected chi connectivity index (χ2v) is 4.01. The van der Waals surface area contributed by atoms with Gasteiger partial charge in [0.05, 0.1) is 18.0 Å². The van der Waals surface area contributed by atoms with Gasteiger partial charge in [0, 0.05) is 13.0 Å². The van der Waals surface area contributed by atoms with Crippen LogP contribution in [0.3, 0.4) is 0 Å². The minimum atomic E-state index is -3.29. The van der Waals surface area contributed by atoms with E-state index in [1.54, 1.807) is 17.0 Å². The number of hydrogen-bond donors (Lipinski definition) is 1. The molecule has 1 N–H and O–H groups in total. The van der Waals surface area contributed by atoms with E-state index in [2.05, 4.69) is 9.84 Å². The minimum Gasteiger partial charge on any atom is -0.301 e. The monoisotopic (exact) mass is 231 g/mol. The van der Waals surface area contributed by atoms with Crippen LogP contribution in [0.5, 0.6) is 0 Å². The smallest absolute Gasteiger partial charge is 0.301 e. The fourth-order valence-corrected chi connectivity index (χ4v) is 1.48. The zero-order valence-electron chi connectivity index (χ0n) is 9.33. The summed E-state index contributed by atoms with van der Waals surface area (Å²) in [6.07, 6.45) is -1.00. The van der Waals surface area contributed by atoms with Crippen molar-refractivity contribution in [2.75, 3.05) is 7.05 Å². The lowest BCUT2D eigenvalue weighted by Crippen LogP contribution is -2.36. The van der Waals surface area contributed by atoms with Gasteiger partial charge in [0.2, 0.25) is 0 Å². The molecule has 1 aromatic heterocycles. The van der Waals surface area contributed by atoms with Crippen molar-refractivity contribution in [2.45, 2.75) is 31.6 Å². The molecule has 6 heteroatoms. The van der Waals surface area contributed by atoms with Gasteiger partial charge in [-0.25, -0.2) is 5.32 Å². The second-order valence-electron chi connectivity index (χ2n) is 4.01. The Balaban J connectivity index is 1.98. The molecule has 0 bridgehead atoms. The van der Waals surface area contributed by atoms with Crippen LogP contribution in [0.2, 0.25) is 0 Å². The van der Waals surface area contributed by atoms with Crippen molar-refractivity contribution >= 4 is 0 Å². The molecule has 1 aliphatic carbocycles. The highest BCUT2D eigenvalue weighted by Gasteiger charge is 2.29. The van der Waals surface area contributed by atoms with Gasteiger partial charge in [-0.1, -0.05) is 0 Å². The summed E-state index contributed by atoms with van der Waals surface area (Å²) in [5.41, 5.74) is 1.64. The Labute approximate surface area is 92.6 Å². The molecule has 0 spiro atoms. The van der Waals surface area contributed by atoms with Crippen molar-refractivity contribution in [1.82, 2.24) is 15.1 Å². The first-order valence-corrected chi connectivity index (χ1v) is 5.25. The van der Waals surface area contributed by atoms with Gasteiger partial charge in [-0.05, 0) is 26.0 Å². The highest BCUT2D eigenvalue weighted by Crippen LogP contribution is 2.39. The van der Waals surface area contributed by atoms with E-state index in [1.807, 2.05) is 6.07 Å². The third-order valence-electron chi connectivity index (χ3n) is 2.68. The Morgan fingerprint density at radius 1 is 1.62 bits per heavy atom. The maximum atomic E-state index is 12.8. The maximum Gasteiger partial charge on any atom is 0.422 e. The lowest BCUT2D eigenvalue weighted by atomic mass is 10.3. The molecule has 16 heavy (non-hydrogen) atoms. The van der Waals surface area contributed by atoms with Gasteiger partial charge in [-0.2, -0.15) is 13.9 Å². The first-order chi connectivity index (χ1) is 7.52. The van der Waals surface area contributed by atoms with Crippen LogP contribution in [0.4, 0.5) is 8.78 Å². The lowest BCUT2D eigenvalue weighted by molar-refractivity contribution is -0.263. The Morgan fingerprint density at radius 2 is 2.31 bits per heavy atom. The highest BCUT2D eigenvalue weighted by atomic mass is 19.3. The van der Waals surface area contributed by atoms with E-state index >= 15 is 0 Å². The number of aryl methyl sites for hydroxylation is 1. The summed E-state index contributed by atoms with van der Waals surface area (Å²) in [6.45, 7) is -0.149. The molecule has 1 aromatic rings. The molecule has 1 heterocycles. The SMILES string of the molecule is CNC(F)(F)OCc1cc(C2CC2)nn1C. The average Bonchev–Trinajstić information content (AvgIpc) is 3.01. The molecule has 1 aliphatic rings. The third kappa shape index (κ3) is 2.56. The van der Waals surface area contributed by atoms with Crippen LogP contribution in [0.1, 0.15) is 30.1 Å². The molecule has 2 rings (SSSR count). The Morgan fingerprint density at radius 3 is 2.88 bits per heavy atom. The first-order valence-electron chi connectivity index (χ1n) is 5.25. The first kappa shape index (κ1) is 11.5. The van der Waals surface area contributed by atoms with Gasteiger partial charge in [0.1, 0.15) is 0 Å². The van der Waals surface area contributed by atoms with E-state index in [4.69, 9.17) is 0 Å². The van der Waals surface area contributed by atoms with Crippen LogP contribution in [-0.2, 0) is 18.4 Å². The Hall–Kier alpha value is -1.01. The molecule has 1 saturated carbocycles.